The normalized spacial score (nSPS) is 10.7. The topological polar surface area (TPSA) is 71.6 Å². The molecular weight excluding hydrogens is 404 g/mol. The summed E-state index contributed by atoms with van der Waals surface area (Å²) in [6.07, 6.45) is 0. The highest BCUT2D eigenvalue weighted by Gasteiger charge is 2.20. The number of amides is 1. The van der Waals surface area contributed by atoms with Gasteiger partial charge in [0.05, 0.1) is 26.3 Å². The fraction of sp³-hybridized carbons (Fsp3) is 0.154. The molecule has 1 N–H and O–H groups in total. The molecule has 0 aliphatic carbocycles. The van der Waals surface area contributed by atoms with Crippen molar-refractivity contribution in [3.05, 3.63) is 99.8 Å². The van der Waals surface area contributed by atoms with E-state index in [0.29, 0.717) is 28.3 Å². The van der Waals surface area contributed by atoms with Crippen LogP contribution in [0.2, 0.25) is 0 Å². The van der Waals surface area contributed by atoms with Crippen LogP contribution in [0, 0.1) is 6.92 Å². The van der Waals surface area contributed by atoms with Crippen molar-refractivity contribution < 1.29 is 14.3 Å². The molecule has 32 heavy (non-hydrogen) atoms. The third-order valence-corrected chi connectivity index (χ3v) is 5.44. The highest BCUT2D eigenvalue weighted by molar-refractivity contribution is 6.06. The lowest BCUT2D eigenvalue weighted by molar-refractivity contribution is 0.0984. The van der Waals surface area contributed by atoms with E-state index in [0.717, 1.165) is 16.5 Å². The van der Waals surface area contributed by atoms with Gasteiger partial charge in [0.15, 0.2) is 0 Å². The Morgan fingerprint density at radius 2 is 1.62 bits per heavy atom. The molecule has 3 aromatic carbocycles. The molecular formula is C26H24N2O4. The quantitative estimate of drug-likeness (QED) is 0.483. The number of methoxy groups -OCH3 is 2. The van der Waals surface area contributed by atoms with E-state index in [1.807, 2.05) is 31.2 Å². The van der Waals surface area contributed by atoms with Crippen LogP contribution in [0.15, 0.2) is 77.6 Å². The van der Waals surface area contributed by atoms with E-state index >= 15 is 0 Å². The lowest BCUT2D eigenvalue weighted by atomic mass is 10.1. The van der Waals surface area contributed by atoms with Crippen LogP contribution in [0.4, 0.5) is 5.69 Å². The summed E-state index contributed by atoms with van der Waals surface area (Å²) in [5, 5.41) is 0.920. The molecule has 0 fully saturated rings. The minimum atomic E-state index is -0.238. The van der Waals surface area contributed by atoms with Crippen LogP contribution in [0.5, 0.6) is 11.5 Å². The predicted octanol–water partition coefficient (Wildman–Crippen LogP) is 4.70. The summed E-state index contributed by atoms with van der Waals surface area (Å²) in [6, 6.07) is 21.8. The van der Waals surface area contributed by atoms with E-state index in [9.17, 15) is 9.59 Å². The molecule has 0 atom stereocenters. The molecule has 0 radical (unpaired) electrons. The molecule has 6 heteroatoms. The summed E-state index contributed by atoms with van der Waals surface area (Å²) in [6.45, 7) is 2.06. The standard InChI is InChI=1S/C26H24N2O4/c1-17-6-4-7-18-14-20(25(29)27-24(17)18)16-28(21-10-12-22(31-2)13-11-21)26(30)19-8-5-9-23(15-19)32-3/h4-15H,16H2,1-3H3,(H,27,29). The molecule has 162 valence electrons. The number of carbonyl (C=O) groups is 1. The maximum atomic E-state index is 13.5. The van der Waals surface area contributed by atoms with E-state index in [2.05, 4.69) is 4.98 Å². The minimum absolute atomic E-state index is 0.113. The van der Waals surface area contributed by atoms with Crippen molar-refractivity contribution in [3.63, 3.8) is 0 Å². The number of para-hydroxylation sites is 1. The molecule has 0 aliphatic heterocycles. The van der Waals surface area contributed by atoms with Gasteiger partial charge in [-0.2, -0.15) is 0 Å². The second kappa shape index (κ2) is 8.98. The van der Waals surface area contributed by atoms with E-state index in [-0.39, 0.29) is 18.0 Å². The maximum Gasteiger partial charge on any atom is 0.258 e. The molecule has 4 rings (SSSR count). The molecule has 1 heterocycles. The summed E-state index contributed by atoms with van der Waals surface area (Å²) < 4.78 is 10.5. The summed E-state index contributed by atoms with van der Waals surface area (Å²) in [5.41, 5.74) is 3.19. The number of hydrogen-bond acceptors (Lipinski definition) is 4. The van der Waals surface area contributed by atoms with E-state index in [4.69, 9.17) is 9.47 Å². The molecule has 1 amide bonds. The maximum absolute atomic E-state index is 13.5. The Bertz CT molecular complexity index is 1330. The van der Waals surface area contributed by atoms with Crippen LogP contribution in [-0.4, -0.2) is 25.1 Å². The van der Waals surface area contributed by atoms with Crippen molar-refractivity contribution in [3.8, 4) is 11.5 Å². The first-order valence-corrected chi connectivity index (χ1v) is 10.2. The number of pyridine rings is 1. The fourth-order valence-electron chi connectivity index (χ4n) is 3.67. The number of nitrogens with zero attached hydrogens (tertiary/aromatic N) is 1. The van der Waals surface area contributed by atoms with E-state index in [1.54, 1.807) is 67.7 Å². The van der Waals surface area contributed by atoms with Crippen molar-refractivity contribution in [2.75, 3.05) is 19.1 Å². The van der Waals surface area contributed by atoms with E-state index < -0.39 is 0 Å². The number of aromatic amines is 1. The first kappa shape index (κ1) is 21.2. The van der Waals surface area contributed by atoms with Crippen molar-refractivity contribution >= 4 is 22.5 Å². The van der Waals surface area contributed by atoms with Crippen LogP contribution < -0.4 is 19.9 Å². The van der Waals surface area contributed by atoms with Gasteiger partial charge in [-0.1, -0.05) is 24.3 Å². The number of H-pyrrole nitrogens is 1. The number of hydrogen-bond donors (Lipinski definition) is 1. The second-order valence-electron chi connectivity index (χ2n) is 7.48. The summed E-state index contributed by atoms with van der Waals surface area (Å²) in [5.74, 6) is 1.03. The third-order valence-electron chi connectivity index (χ3n) is 5.44. The van der Waals surface area contributed by atoms with Gasteiger partial charge in [-0.25, -0.2) is 0 Å². The number of ether oxygens (including phenoxy) is 2. The number of benzene rings is 3. The Morgan fingerprint density at radius 1 is 0.906 bits per heavy atom. The van der Waals surface area contributed by atoms with Gasteiger partial charge >= 0.3 is 0 Å². The van der Waals surface area contributed by atoms with Gasteiger partial charge < -0.3 is 19.4 Å². The molecule has 0 spiro atoms. The summed E-state index contributed by atoms with van der Waals surface area (Å²) in [7, 11) is 3.15. The van der Waals surface area contributed by atoms with Gasteiger partial charge in [-0.15, -0.1) is 0 Å². The Labute approximate surface area is 186 Å². The van der Waals surface area contributed by atoms with Gasteiger partial charge in [0, 0.05) is 16.8 Å². The van der Waals surface area contributed by atoms with Crippen LogP contribution in [0.3, 0.4) is 0 Å². The van der Waals surface area contributed by atoms with Gasteiger partial charge in [0.25, 0.3) is 11.5 Å². The highest BCUT2D eigenvalue weighted by Crippen LogP contribution is 2.25. The molecule has 0 bridgehead atoms. The third kappa shape index (κ3) is 4.21. The zero-order valence-corrected chi connectivity index (χ0v) is 18.2. The van der Waals surface area contributed by atoms with Crippen molar-refractivity contribution in [1.29, 1.82) is 0 Å². The smallest absolute Gasteiger partial charge is 0.258 e. The number of aryl methyl sites for hydroxylation is 1. The Hall–Kier alpha value is -4.06. The van der Waals surface area contributed by atoms with Gasteiger partial charge in [-0.05, 0) is 66.4 Å². The van der Waals surface area contributed by atoms with Crippen molar-refractivity contribution in [2.24, 2.45) is 0 Å². The lowest BCUT2D eigenvalue weighted by Gasteiger charge is -2.23. The minimum Gasteiger partial charge on any atom is -0.497 e. The first-order chi connectivity index (χ1) is 15.5. The molecule has 4 aromatic rings. The number of carbonyl (C=O) groups excluding carboxylic acids is 1. The van der Waals surface area contributed by atoms with Crippen LogP contribution in [0.25, 0.3) is 10.9 Å². The molecule has 0 saturated carbocycles. The molecule has 0 aliphatic rings. The van der Waals surface area contributed by atoms with E-state index in [1.165, 1.54) is 0 Å². The molecule has 6 nitrogen and oxygen atoms in total. The number of fused-ring (bicyclic) bond motifs is 1. The first-order valence-electron chi connectivity index (χ1n) is 10.2. The molecule has 0 saturated heterocycles. The summed E-state index contributed by atoms with van der Waals surface area (Å²) in [4.78, 5) is 31.0. The molecule has 1 aromatic heterocycles. The zero-order chi connectivity index (χ0) is 22.7. The number of aromatic nitrogens is 1. The zero-order valence-electron chi connectivity index (χ0n) is 18.2. The highest BCUT2D eigenvalue weighted by atomic mass is 16.5. The SMILES string of the molecule is COc1ccc(N(Cc2cc3cccc(C)c3[nH]c2=O)C(=O)c2cccc(OC)c2)cc1. The average Bonchev–Trinajstić information content (AvgIpc) is 2.83. The average molecular weight is 428 g/mol. The molecule has 0 unspecified atom stereocenters. The number of anilines is 1. The van der Waals surface area contributed by atoms with Crippen LogP contribution in [-0.2, 0) is 6.54 Å². The van der Waals surface area contributed by atoms with Gasteiger partial charge in [-0.3, -0.25) is 9.59 Å². The largest absolute Gasteiger partial charge is 0.497 e. The summed E-state index contributed by atoms with van der Waals surface area (Å²) >= 11 is 0. The Balaban J connectivity index is 1.78. The Morgan fingerprint density at radius 3 is 2.34 bits per heavy atom. The van der Waals surface area contributed by atoms with Gasteiger partial charge in [0.1, 0.15) is 11.5 Å². The van der Waals surface area contributed by atoms with Crippen LogP contribution >= 0.6 is 0 Å². The predicted molar refractivity (Wildman–Crippen MR) is 126 cm³/mol. The fourth-order valence-corrected chi connectivity index (χ4v) is 3.67. The number of nitrogens with one attached hydrogen (secondary N) is 1. The van der Waals surface area contributed by atoms with Crippen LogP contribution in [0.1, 0.15) is 21.5 Å². The Kier molecular flexibility index (Phi) is 5.94. The van der Waals surface area contributed by atoms with Gasteiger partial charge in [0.2, 0.25) is 0 Å². The monoisotopic (exact) mass is 428 g/mol. The van der Waals surface area contributed by atoms with Crippen molar-refractivity contribution in [1.82, 2.24) is 4.98 Å². The number of rotatable bonds is 6. The second-order valence-corrected chi connectivity index (χ2v) is 7.48. The lowest BCUT2D eigenvalue weighted by Crippen LogP contribution is -2.33. The van der Waals surface area contributed by atoms with Crippen molar-refractivity contribution in [2.45, 2.75) is 13.5 Å².